The molecule has 1 heterocycles. The van der Waals surface area contributed by atoms with Crippen molar-refractivity contribution in [3.05, 3.63) is 35.6 Å². The molecular weight excluding hydrogens is 229 g/mol. The van der Waals surface area contributed by atoms with Gasteiger partial charge in [0, 0.05) is 18.7 Å². The number of aliphatic hydroxyl groups excluding tert-OH is 1. The van der Waals surface area contributed by atoms with E-state index in [2.05, 4.69) is 11.8 Å². The Kier molecular flexibility index (Phi) is 4.72. The summed E-state index contributed by atoms with van der Waals surface area (Å²) in [6.45, 7) is 5.32. The number of aliphatic hydroxyl groups is 1. The minimum absolute atomic E-state index is 0.308. The molecule has 1 aromatic carbocycles. The van der Waals surface area contributed by atoms with Crippen molar-refractivity contribution in [2.45, 2.75) is 32.3 Å². The lowest BCUT2D eigenvalue weighted by molar-refractivity contribution is 0.119. The Morgan fingerprint density at radius 1 is 1.44 bits per heavy atom. The van der Waals surface area contributed by atoms with Gasteiger partial charge in [0.15, 0.2) is 0 Å². The van der Waals surface area contributed by atoms with E-state index in [1.165, 1.54) is 18.9 Å². The third kappa shape index (κ3) is 3.53. The first-order valence-electron chi connectivity index (χ1n) is 6.81. The lowest BCUT2D eigenvalue weighted by atomic mass is 9.99. The molecule has 1 N–H and O–H groups in total. The lowest BCUT2D eigenvalue weighted by Crippen LogP contribution is -2.35. The molecule has 0 amide bonds. The molecular formula is C15H22FNO. The van der Waals surface area contributed by atoms with Crippen LogP contribution in [0.2, 0.25) is 0 Å². The number of hydrogen-bond acceptors (Lipinski definition) is 2. The Morgan fingerprint density at radius 2 is 2.22 bits per heavy atom. The number of likely N-dealkylation sites (tertiary alicyclic amines) is 1. The highest BCUT2D eigenvalue weighted by atomic mass is 19.1. The van der Waals surface area contributed by atoms with Gasteiger partial charge in [0.05, 0.1) is 6.10 Å². The van der Waals surface area contributed by atoms with Gasteiger partial charge in [0.2, 0.25) is 0 Å². The molecule has 1 aliphatic heterocycles. The highest BCUT2D eigenvalue weighted by molar-refractivity contribution is 5.19. The minimum atomic E-state index is -0.691. The van der Waals surface area contributed by atoms with Crippen molar-refractivity contribution >= 4 is 0 Å². The van der Waals surface area contributed by atoms with Crippen molar-refractivity contribution in [2.24, 2.45) is 5.92 Å². The largest absolute Gasteiger partial charge is 0.388 e. The maximum absolute atomic E-state index is 13.5. The van der Waals surface area contributed by atoms with Gasteiger partial charge in [-0.05, 0) is 37.8 Å². The van der Waals surface area contributed by atoms with Crippen LogP contribution in [0.1, 0.15) is 37.9 Å². The van der Waals surface area contributed by atoms with Gasteiger partial charge >= 0.3 is 0 Å². The Labute approximate surface area is 108 Å². The predicted molar refractivity (Wildman–Crippen MR) is 70.8 cm³/mol. The summed E-state index contributed by atoms with van der Waals surface area (Å²) in [6.07, 6.45) is 2.44. The van der Waals surface area contributed by atoms with Crippen molar-refractivity contribution in [2.75, 3.05) is 19.6 Å². The zero-order chi connectivity index (χ0) is 13.0. The molecule has 0 radical (unpaired) electrons. The molecule has 18 heavy (non-hydrogen) atoms. The second kappa shape index (κ2) is 6.30. The van der Waals surface area contributed by atoms with E-state index in [1.807, 2.05) is 0 Å². The summed E-state index contributed by atoms with van der Waals surface area (Å²) in [4.78, 5) is 2.37. The summed E-state index contributed by atoms with van der Waals surface area (Å²) in [5.41, 5.74) is 0.419. The molecule has 0 bridgehead atoms. The van der Waals surface area contributed by atoms with Crippen LogP contribution in [0.3, 0.4) is 0 Å². The molecule has 1 saturated heterocycles. The summed E-state index contributed by atoms with van der Waals surface area (Å²) in [7, 11) is 0. The van der Waals surface area contributed by atoms with Crippen LogP contribution in [0, 0.1) is 11.7 Å². The van der Waals surface area contributed by atoms with Crippen LogP contribution in [-0.4, -0.2) is 29.6 Å². The molecule has 0 spiro atoms. The van der Waals surface area contributed by atoms with E-state index in [4.69, 9.17) is 0 Å². The Morgan fingerprint density at radius 3 is 2.94 bits per heavy atom. The van der Waals surface area contributed by atoms with E-state index >= 15 is 0 Å². The van der Waals surface area contributed by atoms with Crippen molar-refractivity contribution in [1.82, 2.24) is 4.90 Å². The number of hydrogen-bond donors (Lipinski definition) is 1. The molecule has 2 atom stereocenters. The molecule has 3 heteroatoms. The van der Waals surface area contributed by atoms with E-state index < -0.39 is 6.10 Å². The quantitative estimate of drug-likeness (QED) is 0.889. The standard InChI is InChI=1S/C15H22FNO/c1-12-5-4-9-17(11-12)10-8-15(18)13-6-2-3-7-14(13)16/h2-3,6-7,12,15,18H,4-5,8-11H2,1H3. The third-order valence-corrected chi connectivity index (χ3v) is 3.72. The molecule has 0 aliphatic carbocycles. The van der Waals surface area contributed by atoms with Crippen LogP contribution in [0.5, 0.6) is 0 Å². The zero-order valence-corrected chi connectivity index (χ0v) is 11.0. The highest BCUT2D eigenvalue weighted by Crippen LogP contribution is 2.22. The lowest BCUT2D eigenvalue weighted by Gasteiger charge is -2.31. The highest BCUT2D eigenvalue weighted by Gasteiger charge is 2.18. The van der Waals surface area contributed by atoms with Gasteiger partial charge < -0.3 is 10.0 Å². The normalized spacial score (nSPS) is 22.9. The summed E-state index contributed by atoms with van der Waals surface area (Å²) in [5, 5.41) is 10.0. The average Bonchev–Trinajstić information content (AvgIpc) is 2.37. The monoisotopic (exact) mass is 251 g/mol. The topological polar surface area (TPSA) is 23.5 Å². The summed E-state index contributed by atoms with van der Waals surface area (Å²) < 4.78 is 13.5. The van der Waals surface area contributed by atoms with E-state index in [0.29, 0.717) is 12.0 Å². The van der Waals surface area contributed by atoms with E-state index in [0.717, 1.165) is 25.6 Å². The third-order valence-electron chi connectivity index (χ3n) is 3.72. The molecule has 100 valence electrons. The zero-order valence-electron chi connectivity index (χ0n) is 11.0. The first-order chi connectivity index (χ1) is 8.66. The van der Waals surface area contributed by atoms with E-state index in [1.54, 1.807) is 18.2 Å². The Balaban J connectivity index is 1.84. The second-order valence-corrected chi connectivity index (χ2v) is 5.37. The van der Waals surface area contributed by atoms with Gasteiger partial charge in [0.25, 0.3) is 0 Å². The second-order valence-electron chi connectivity index (χ2n) is 5.37. The number of piperidine rings is 1. The van der Waals surface area contributed by atoms with Crippen LogP contribution in [0.25, 0.3) is 0 Å². The average molecular weight is 251 g/mol. The fourth-order valence-electron chi connectivity index (χ4n) is 2.70. The van der Waals surface area contributed by atoms with Gasteiger partial charge in [-0.3, -0.25) is 0 Å². The maximum atomic E-state index is 13.5. The molecule has 1 aromatic rings. The van der Waals surface area contributed by atoms with Crippen LogP contribution < -0.4 is 0 Å². The Hall–Kier alpha value is -0.930. The SMILES string of the molecule is CC1CCCN(CCC(O)c2ccccc2F)C1. The van der Waals surface area contributed by atoms with Crippen LogP contribution >= 0.6 is 0 Å². The number of nitrogens with zero attached hydrogens (tertiary/aromatic N) is 1. The van der Waals surface area contributed by atoms with Crippen molar-refractivity contribution in [3.8, 4) is 0 Å². The predicted octanol–water partition coefficient (Wildman–Crippen LogP) is 2.98. The number of benzene rings is 1. The molecule has 2 rings (SSSR count). The molecule has 1 aliphatic rings. The maximum Gasteiger partial charge on any atom is 0.128 e. The van der Waals surface area contributed by atoms with Gasteiger partial charge in [-0.15, -0.1) is 0 Å². The Bertz CT molecular complexity index is 383. The van der Waals surface area contributed by atoms with Crippen molar-refractivity contribution < 1.29 is 9.50 Å². The van der Waals surface area contributed by atoms with Gasteiger partial charge in [-0.25, -0.2) is 4.39 Å². The van der Waals surface area contributed by atoms with E-state index in [-0.39, 0.29) is 5.82 Å². The number of halogens is 1. The van der Waals surface area contributed by atoms with Gasteiger partial charge in [-0.2, -0.15) is 0 Å². The summed E-state index contributed by atoms with van der Waals surface area (Å²) in [6, 6.07) is 6.49. The minimum Gasteiger partial charge on any atom is -0.388 e. The molecule has 0 aromatic heterocycles. The molecule has 2 nitrogen and oxygen atoms in total. The first-order valence-corrected chi connectivity index (χ1v) is 6.81. The van der Waals surface area contributed by atoms with Crippen LogP contribution in [0.15, 0.2) is 24.3 Å². The summed E-state index contributed by atoms with van der Waals surface area (Å²) in [5.74, 6) is 0.432. The van der Waals surface area contributed by atoms with Gasteiger partial charge in [-0.1, -0.05) is 25.1 Å². The van der Waals surface area contributed by atoms with Crippen molar-refractivity contribution in [1.29, 1.82) is 0 Å². The molecule has 0 saturated carbocycles. The van der Waals surface area contributed by atoms with Crippen LogP contribution in [0.4, 0.5) is 4.39 Å². The fourth-order valence-corrected chi connectivity index (χ4v) is 2.70. The van der Waals surface area contributed by atoms with Crippen molar-refractivity contribution in [3.63, 3.8) is 0 Å². The van der Waals surface area contributed by atoms with Crippen LogP contribution in [-0.2, 0) is 0 Å². The first kappa shape index (κ1) is 13.5. The van der Waals surface area contributed by atoms with Gasteiger partial charge in [0.1, 0.15) is 5.82 Å². The smallest absolute Gasteiger partial charge is 0.128 e. The number of rotatable bonds is 4. The summed E-state index contributed by atoms with van der Waals surface area (Å²) >= 11 is 0. The fraction of sp³-hybridized carbons (Fsp3) is 0.600. The molecule has 2 unspecified atom stereocenters. The van der Waals surface area contributed by atoms with E-state index in [9.17, 15) is 9.50 Å². The molecule has 1 fully saturated rings.